The number of likely N-dealkylation sites (tertiary alicyclic amines) is 1. The van der Waals surface area contributed by atoms with E-state index in [4.69, 9.17) is 0 Å². The van der Waals surface area contributed by atoms with Crippen molar-refractivity contribution in [1.29, 1.82) is 0 Å². The highest BCUT2D eigenvalue weighted by molar-refractivity contribution is 9.10. The zero-order valence-corrected chi connectivity index (χ0v) is 14.4. The normalized spacial score (nSPS) is 22.7. The molecule has 0 radical (unpaired) electrons. The minimum absolute atomic E-state index is 0.0309. The Labute approximate surface area is 138 Å². The van der Waals surface area contributed by atoms with Gasteiger partial charge in [0.05, 0.1) is 18.7 Å². The Morgan fingerprint density at radius 1 is 1.55 bits per heavy atom. The number of rotatable bonds is 4. The standard InChI is InChI=1S/C16H22BrFN2O2/c1-3-14(11-6-12(17)8-13(18)7-11)19-16(22)20-5-4-10(2)15(20)9-21/h6-8,10,14-15,21H,3-5,9H2,1-2H3,(H,19,22). The Morgan fingerprint density at radius 3 is 2.86 bits per heavy atom. The van der Waals surface area contributed by atoms with Gasteiger partial charge in [0.25, 0.3) is 0 Å². The molecule has 122 valence electrons. The largest absolute Gasteiger partial charge is 0.394 e. The lowest BCUT2D eigenvalue weighted by molar-refractivity contribution is 0.141. The molecule has 2 amide bonds. The van der Waals surface area contributed by atoms with Crippen molar-refractivity contribution in [1.82, 2.24) is 10.2 Å². The third-order valence-electron chi connectivity index (χ3n) is 4.32. The minimum Gasteiger partial charge on any atom is -0.394 e. The first-order valence-electron chi connectivity index (χ1n) is 7.60. The van der Waals surface area contributed by atoms with E-state index < -0.39 is 0 Å². The molecule has 1 aliphatic heterocycles. The topological polar surface area (TPSA) is 52.6 Å². The van der Waals surface area contributed by atoms with E-state index in [2.05, 4.69) is 21.2 Å². The molecule has 6 heteroatoms. The van der Waals surface area contributed by atoms with E-state index in [0.717, 1.165) is 12.0 Å². The molecule has 22 heavy (non-hydrogen) atoms. The summed E-state index contributed by atoms with van der Waals surface area (Å²) in [7, 11) is 0. The molecule has 0 bridgehead atoms. The molecule has 0 aliphatic carbocycles. The first-order valence-corrected chi connectivity index (χ1v) is 8.39. The number of carbonyl (C=O) groups is 1. The van der Waals surface area contributed by atoms with Crippen molar-refractivity contribution in [3.63, 3.8) is 0 Å². The van der Waals surface area contributed by atoms with E-state index in [0.29, 0.717) is 23.4 Å². The molecular formula is C16H22BrFN2O2. The molecule has 4 nitrogen and oxygen atoms in total. The van der Waals surface area contributed by atoms with E-state index in [1.807, 2.05) is 19.9 Å². The Morgan fingerprint density at radius 2 is 2.27 bits per heavy atom. The van der Waals surface area contributed by atoms with E-state index in [1.54, 1.807) is 4.90 Å². The van der Waals surface area contributed by atoms with Gasteiger partial charge in [-0.2, -0.15) is 0 Å². The van der Waals surface area contributed by atoms with Crippen LogP contribution in [0.5, 0.6) is 0 Å². The van der Waals surface area contributed by atoms with E-state index >= 15 is 0 Å². The first kappa shape index (κ1) is 17.2. The highest BCUT2D eigenvalue weighted by Crippen LogP contribution is 2.26. The average Bonchev–Trinajstić information content (AvgIpc) is 2.84. The molecule has 3 atom stereocenters. The van der Waals surface area contributed by atoms with Gasteiger partial charge in [-0.15, -0.1) is 0 Å². The van der Waals surface area contributed by atoms with Gasteiger partial charge in [-0.3, -0.25) is 0 Å². The lowest BCUT2D eigenvalue weighted by atomic mass is 10.0. The summed E-state index contributed by atoms with van der Waals surface area (Å²) in [5, 5.41) is 12.4. The Kier molecular flexibility index (Phi) is 5.81. The molecule has 1 aliphatic rings. The van der Waals surface area contributed by atoms with Gasteiger partial charge in [-0.05, 0) is 42.5 Å². The quantitative estimate of drug-likeness (QED) is 0.850. The second kappa shape index (κ2) is 7.42. The van der Waals surface area contributed by atoms with Gasteiger partial charge < -0.3 is 15.3 Å². The van der Waals surface area contributed by atoms with Gasteiger partial charge in [0, 0.05) is 11.0 Å². The van der Waals surface area contributed by atoms with Crippen LogP contribution >= 0.6 is 15.9 Å². The van der Waals surface area contributed by atoms with Crippen molar-refractivity contribution >= 4 is 22.0 Å². The van der Waals surface area contributed by atoms with Gasteiger partial charge >= 0.3 is 6.03 Å². The molecule has 1 heterocycles. The molecule has 1 aromatic carbocycles. The summed E-state index contributed by atoms with van der Waals surface area (Å²) in [5.74, 6) is -0.0424. The lowest BCUT2D eigenvalue weighted by Crippen LogP contribution is -2.46. The molecule has 0 aromatic heterocycles. The summed E-state index contributed by atoms with van der Waals surface area (Å²) in [5.41, 5.74) is 0.732. The fourth-order valence-electron chi connectivity index (χ4n) is 2.97. The molecule has 1 fully saturated rings. The Hall–Kier alpha value is -1.14. The van der Waals surface area contributed by atoms with Crippen molar-refractivity contribution in [2.24, 2.45) is 5.92 Å². The van der Waals surface area contributed by atoms with Crippen LogP contribution in [-0.2, 0) is 0 Å². The predicted octanol–water partition coefficient (Wildman–Crippen LogP) is 3.45. The summed E-state index contributed by atoms with van der Waals surface area (Å²) >= 11 is 3.28. The number of urea groups is 1. The second-order valence-corrected chi connectivity index (χ2v) is 6.74. The van der Waals surface area contributed by atoms with E-state index in [-0.39, 0.29) is 30.5 Å². The zero-order chi connectivity index (χ0) is 16.3. The maximum absolute atomic E-state index is 13.5. The van der Waals surface area contributed by atoms with Gasteiger partial charge in [-0.1, -0.05) is 29.8 Å². The van der Waals surface area contributed by atoms with Crippen LogP contribution in [0.1, 0.15) is 38.3 Å². The monoisotopic (exact) mass is 372 g/mol. The number of aliphatic hydroxyl groups excluding tert-OH is 1. The van der Waals surface area contributed by atoms with Gasteiger partial charge in [0.15, 0.2) is 0 Å². The average molecular weight is 373 g/mol. The lowest BCUT2D eigenvalue weighted by Gasteiger charge is -2.28. The summed E-state index contributed by atoms with van der Waals surface area (Å²) in [6.07, 6.45) is 1.55. The van der Waals surface area contributed by atoms with E-state index in [1.165, 1.54) is 12.1 Å². The highest BCUT2D eigenvalue weighted by Gasteiger charge is 2.34. The van der Waals surface area contributed by atoms with Crippen LogP contribution in [0.3, 0.4) is 0 Å². The fourth-order valence-corrected chi connectivity index (χ4v) is 3.45. The Bertz CT molecular complexity index is 521. The summed E-state index contributed by atoms with van der Waals surface area (Å²) in [6, 6.07) is 4.05. The van der Waals surface area contributed by atoms with Gasteiger partial charge in [0.2, 0.25) is 0 Å². The SMILES string of the molecule is CCC(NC(=O)N1CCC(C)C1CO)c1cc(F)cc(Br)c1. The molecule has 0 spiro atoms. The van der Waals surface area contributed by atoms with E-state index in [9.17, 15) is 14.3 Å². The number of halogens is 2. The number of nitrogens with zero attached hydrogens (tertiary/aromatic N) is 1. The van der Waals surface area contributed by atoms with Crippen molar-refractivity contribution < 1.29 is 14.3 Å². The molecule has 3 unspecified atom stereocenters. The molecule has 0 saturated carbocycles. The number of aliphatic hydroxyl groups is 1. The maximum atomic E-state index is 13.5. The predicted molar refractivity (Wildman–Crippen MR) is 87.0 cm³/mol. The number of benzene rings is 1. The van der Waals surface area contributed by atoms with Crippen LogP contribution in [-0.4, -0.2) is 35.2 Å². The smallest absolute Gasteiger partial charge is 0.318 e. The van der Waals surface area contributed by atoms with Crippen LogP contribution in [0.15, 0.2) is 22.7 Å². The van der Waals surface area contributed by atoms with Crippen LogP contribution in [0, 0.1) is 11.7 Å². The highest BCUT2D eigenvalue weighted by atomic mass is 79.9. The summed E-state index contributed by atoms with van der Waals surface area (Å²) in [4.78, 5) is 14.2. The number of amides is 2. The first-order chi connectivity index (χ1) is 10.5. The third-order valence-corrected chi connectivity index (χ3v) is 4.78. The third kappa shape index (κ3) is 3.79. The second-order valence-electron chi connectivity index (χ2n) is 5.82. The van der Waals surface area contributed by atoms with Crippen LogP contribution in [0.4, 0.5) is 9.18 Å². The number of hydrogen-bond acceptors (Lipinski definition) is 2. The van der Waals surface area contributed by atoms with Gasteiger partial charge in [-0.25, -0.2) is 9.18 Å². The number of nitrogens with one attached hydrogen (secondary N) is 1. The molecular weight excluding hydrogens is 351 g/mol. The zero-order valence-electron chi connectivity index (χ0n) is 12.9. The fraction of sp³-hybridized carbons (Fsp3) is 0.562. The van der Waals surface area contributed by atoms with Crippen LogP contribution in [0.25, 0.3) is 0 Å². The Balaban J connectivity index is 2.11. The van der Waals surface area contributed by atoms with Crippen molar-refractivity contribution in [2.75, 3.05) is 13.2 Å². The maximum Gasteiger partial charge on any atom is 0.318 e. The van der Waals surface area contributed by atoms with Crippen LogP contribution < -0.4 is 5.32 Å². The molecule has 1 saturated heterocycles. The van der Waals surface area contributed by atoms with Crippen molar-refractivity contribution in [2.45, 2.75) is 38.8 Å². The summed E-state index contributed by atoms with van der Waals surface area (Å²) in [6.45, 7) is 4.59. The molecule has 2 N–H and O–H groups in total. The number of hydrogen-bond donors (Lipinski definition) is 2. The molecule has 1 aromatic rings. The van der Waals surface area contributed by atoms with Crippen molar-refractivity contribution in [3.8, 4) is 0 Å². The molecule has 2 rings (SSSR count). The number of carbonyl (C=O) groups excluding carboxylic acids is 1. The minimum atomic E-state index is -0.333. The van der Waals surface area contributed by atoms with Crippen molar-refractivity contribution in [3.05, 3.63) is 34.1 Å². The van der Waals surface area contributed by atoms with Gasteiger partial charge in [0.1, 0.15) is 5.82 Å². The summed E-state index contributed by atoms with van der Waals surface area (Å²) < 4.78 is 14.2. The van der Waals surface area contributed by atoms with Crippen LogP contribution in [0.2, 0.25) is 0 Å².